The highest BCUT2D eigenvalue weighted by Gasteiger charge is 2.70. The van der Waals surface area contributed by atoms with Crippen molar-refractivity contribution in [1.29, 1.82) is 0 Å². The number of fused-ring (bicyclic) bond motifs is 7. The molecule has 4 fully saturated rings. The summed E-state index contributed by atoms with van der Waals surface area (Å²) in [4.78, 5) is 55.0. The number of ether oxygens (including phenoxy) is 1. The lowest BCUT2D eigenvalue weighted by Crippen LogP contribution is -2.66. The number of nitrogens with one attached hydrogen (secondary N) is 1. The fraction of sp³-hybridized carbons (Fsp3) is 0.674. The fourth-order valence-corrected chi connectivity index (χ4v) is 12.7. The molecule has 5 aliphatic carbocycles. The van der Waals surface area contributed by atoms with Gasteiger partial charge < -0.3 is 10.1 Å². The van der Waals surface area contributed by atoms with Crippen LogP contribution in [-0.4, -0.2) is 33.1 Å². The van der Waals surface area contributed by atoms with Gasteiger partial charge in [-0.25, -0.2) is 4.68 Å². The van der Waals surface area contributed by atoms with E-state index >= 15 is 0 Å². The Morgan fingerprint density at radius 3 is 2.22 bits per heavy atom. The standard InChI is InChI=1S/C43H59N3O5/c1-26-34(36(49)46(45(26)10)28-14-12-11-13-15-28)44-37(50)40(6)21-20-39(5)22-23-42(8)29(30(39)25-40)24-31(48)35-41(7)18-17-33(51-27(2)47)38(3,4)32(41)16-19-43(35,42)9/h11-15,24,30,32-33,35H,16-23,25H2,1-10H3,(H,44,50)/t30-,32+,33+,35+,39-,40+,41+,42-,43+/m0/s1. The first kappa shape index (κ1) is 36.0. The van der Waals surface area contributed by atoms with Crippen molar-refractivity contribution in [2.45, 2.75) is 126 Å². The van der Waals surface area contributed by atoms with Crippen LogP contribution in [0.2, 0.25) is 0 Å². The second kappa shape index (κ2) is 11.5. The number of para-hydroxylation sites is 1. The minimum Gasteiger partial charge on any atom is -0.462 e. The number of rotatable bonds is 4. The largest absolute Gasteiger partial charge is 0.462 e. The summed E-state index contributed by atoms with van der Waals surface area (Å²) in [5.41, 5.74) is 1.30. The van der Waals surface area contributed by atoms with Gasteiger partial charge in [-0.2, -0.15) is 0 Å². The average molecular weight is 698 g/mol. The monoisotopic (exact) mass is 697 g/mol. The van der Waals surface area contributed by atoms with Gasteiger partial charge in [-0.3, -0.25) is 23.9 Å². The van der Waals surface area contributed by atoms with Crippen LogP contribution >= 0.6 is 0 Å². The van der Waals surface area contributed by atoms with E-state index in [9.17, 15) is 19.2 Å². The maximum atomic E-state index is 14.8. The van der Waals surface area contributed by atoms with E-state index in [0.29, 0.717) is 17.8 Å². The molecule has 276 valence electrons. The van der Waals surface area contributed by atoms with Crippen LogP contribution in [0.5, 0.6) is 0 Å². The Kier molecular flexibility index (Phi) is 8.14. The van der Waals surface area contributed by atoms with Crippen molar-refractivity contribution in [3.05, 3.63) is 58.0 Å². The first-order valence-corrected chi connectivity index (χ1v) is 19.3. The number of nitrogens with zero attached hydrogens (tertiary/aromatic N) is 2. The minimum atomic E-state index is -0.695. The molecule has 1 aromatic carbocycles. The number of carbonyl (C=O) groups excluding carboxylic acids is 3. The molecule has 0 bridgehead atoms. The highest BCUT2D eigenvalue weighted by Crippen LogP contribution is 2.75. The van der Waals surface area contributed by atoms with Gasteiger partial charge >= 0.3 is 5.97 Å². The summed E-state index contributed by atoms with van der Waals surface area (Å²) in [6.45, 7) is 19.5. The number of aromatic nitrogens is 2. The maximum absolute atomic E-state index is 14.8. The average Bonchev–Trinajstić information content (AvgIpc) is 3.27. The van der Waals surface area contributed by atoms with Gasteiger partial charge in [0.15, 0.2) is 5.78 Å². The van der Waals surface area contributed by atoms with E-state index in [0.717, 1.165) is 57.1 Å². The van der Waals surface area contributed by atoms with Crippen molar-refractivity contribution in [3.63, 3.8) is 0 Å². The van der Waals surface area contributed by atoms with E-state index < -0.39 is 5.41 Å². The lowest BCUT2D eigenvalue weighted by molar-refractivity contribution is -0.210. The predicted molar refractivity (Wildman–Crippen MR) is 199 cm³/mol. The third kappa shape index (κ3) is 4.96. The molecular formula is C43H59N3O5. The molecule has 5 aliphatic rings. The van der Waals surface area contributed by atoms with Crippen LogP contribution in [0.25, 0.3) is 5.69 Å². The Hall–Kier alpha value is -3.42. The normalized spacial score (nSPS) is 39.8. The number of ketones is 1. The zero-order valence-electron chi connectivity index (χ0n) is 32.6. The number of hydrogen-bond acceptors (Lipinski definition) is 5. The molecule has 0 aliphatic heterocycles. The summed E-state index contributed by atoms with van der Waals surface area (Å²) in [7, 11) is 1.84. The number of amides is 1. The van der Waals surface area contributed by atoms with Crippen molar-refractivity contribution in [1.82, 2.24) is 9.36 Å². The van der Waals surface area contributed by atoms with Crippen LogP contribution in [-0.2, 0) is 26.2 Å². The number of anilines is 1. The molecule has 4 saturated carbocycles. The molecule has 1 amide bonds. The van der Waals surface area contributed by atoms with Gasteiger partial charge in [0.05, 0.1) is 11.4 Å². The van der Waals surface area contributed by atoms with Gasteiger partial charge in [0.25, 0.3) is 5.56 Å². The first-order chi connectivity index (χ1) is 23.7. The van der Waals surface area contributed by atoms with Crippen LogP contribution in [0.4, 0.5) is 5.69 Å². The van der Waals surface area contributed by atoms with Crippen molar-refractivity contribution >= 4 is 23.3 Å². The highest BCUT2D eigenvalue weighted by atomic mass is 16.5. The van der Waals surface area contributed by atoms with E-state index in [1.54, 1.807) is 9.36 Å². The van der Waals surface area contributed by atoms with Gasteiger partial charge in [-0.1, -0.05) is 72.2 Å². The van der Waals surface area contributed by atoms with Crippen LogP contribution < -0.4 is 10.9 Å². The summed E-state index contributed by atoms with van der Waals surface area (Å²) in [6.07, 6.45) is 9.91. The molecule has 51 heavy (non-hydrogen) atoms. The van der Waals surface area contributed by atoms with Crippen molar-refractivity contribution in [2.24, 2.45) is 57.3 Å². The zero-order valence-corrected chi connectivity index (χ0v) is 32.6. The van der Waals surface area contributed by atoms with E-state index in [-0.39, 0.29) is 74.2 Å². The molecule has 7 rings (SSSR count). The Bertz CT molecular complexity index is 1890. The van der Waals surface area contributed by atoms with Gasteiger partial charge in [-0.15, -0.1) is 0 Å². The van der Waals surface area contributed by atoms with Crippen LogP contribution in [0, 0.1) is 57.2 Å². The van der Waals surface area contributed by atoms with Gasteiger partial charge in [0.1, 0.15) is 11.8 Å². The quantitative estimate of drug-likeness (QED) is 0.324. The molecule has 1 aromatic heterocycles. The minimum absolute atomic E-state index is 0.00246. The highest BCUT2D eigenvalue weighted by molar-refractivity contribution is 5.97. The molecule has 8 nitrogen and oxygen atoms in total. The van der Waals surface area contributed by atoms with Crippen molar-refractivity contribution in [3.8, 4) is 5.69 Å². The second-order valence-electron chi connectivity index (χ2n) is 19.1. The molecule has 0 saturated heterocycles. The number of esters is 1. The lowest BCUT2D eigenvalue weighted by Gasteiger charge is -2.70. The number of allylic oxidation sites excluding steroid dienone is 2. The maximum Gasteiger partial charge on any atom is 0.302 e. The topological polar surface area (TPSA) is 99.4 Å². The molecule has 9 atom stereocenters. The molecule has 1 N–H and O–H groups in total. The molecule has 8 heteroatoms. The second-order valence-corrected chi connectivity index (χ2v) is 19.1. The van der Waals surface area contributed by atoms with Crippen LogP contribution in [0.1, 0.15) is 119 Å². The molecule has 0 radical (unpaired) electrons. The van der Waals surface area contributed by atoms with Crippen LogP contribution in [0.3, 0.4) is 0 Å². The number of hydrogen-bond donors (Lipinski definition) is 1. The van der Waals surface area contributed by atoms with Crippen LogP contribution in [0.15, 0.2) is 46.8 Å². The summed E-state index contributed by atoms with van der Waals surface area (Å²) < 4.78 is 9.30. The third-order valence-corrected chi connectivity index (χ3v) is 16.2. The van der Waals surface area contributed by atoms with Gasteiger partial charge in [0.2, 0.25) is 5.91 Å². The molecule has 2 aromatic rings. The predicted octanol–water partition coefficient (Wildman–Crippen LogP) is 8.34. The van der Waals surface area contributed by atoms with Gasteiger partial charge in [0, 0.05) is 30.7 Å². The smallest absolute Gasteiger partial charge is 0.302 e. The Morgan fingerprint density at radius 2 is 1.55 bits per heavy atom. The SMILES string of the molecule is CC(=O)O[C@@H]1CC[C@]2(C)[C@H](CC[C@]3(C)[C@@H]2C(=O)C=C2[C@@H]4C[C@](C)(C(=O)Nc5c(C)n(C)n(-c6ccccc6)c5=O)CC[C@@]4(C)CC[C@@]23C)C1(C)C. The lowest BCUT2D eigenvalue weighted by atomic mass is 9.33. The van der Waals surface area contributed by atoms with E-state index in [1.807, 2.05) is 44.3 Å². The Morgan fingerprint density at radius 1 is 0.882 bits per heavy atom. The summed E-state index contributed by atoms with van der Waals surface area (Å²) in [5.74, 6) is 0.170. The summed E-state index contributed by atoms with van der Waals surface area (Å²) >= 11 is 0. The van der Waals surface area contributed by atoms with E-state index in [1.165, 1.54) is 12.5 Å². The Balaban J connectivity index is 1.21. The molecule has 0 unspecified atom stereocenters. The summed E-state index contributed by atoms with van der Waals surface area (Å²) in [5, 5.41) is 3.12. The molecular weight excluding hydrogens is 638 g/mol. The first-order valence-electron chi connectivity index (χ1n) is 19.3. The molecule has 1 heterocycles. The van der Waals surface area contributed by atoms with Crippen molar-refractivity contribution in [2.75, 3.05) is 5.32 Å². The van der Waals surface area contributed by atoms with E-state index in [2.05, 4.69) is 59.9 Å². The van der Waals surface area contributed by atoms with Gasteiger partial charge in [-0.05, 0) is 116 Å². The van der Waals surface area contributed by atoms with Crippen molar-refractivity contribution < 1.29 is 19.1 Å². The fourth-order valence-electron chi connectivity index (χ4n) is 12.7. The zero-order chi connectivity index (χ0) is 37.1. The third-order valence-electron chi connectivity index (χ3n) is 16.2. The van der Waals surface area contributed by atoms with E-state index in [4.69, 9.17) is 4.74 Å². The Labute approximate surface area is 303 Å². The summed E-state index contributed by atoms with van der Waals surface area (Å²) in [6, 6.07) is 9.50. The number of benzene rings is 1. The number of carbonyl (C=O) groups is 3. The molecule has 0 spiro atoms.